The van der Waals surface area contributed by atoms with Gasteiger partial charge in [-0.05, 0) is 26.0 Å². The number of hydrogen-bond acceptors (Lipinski definition) is 7. The van der Waals surface area contributed by atoms with Crippen LogP contribution in [0.3, 0.4) is 0 Å². The number of nitrogens with two attached hydrogens (primary N) is 1. The lowest BCUT2D eigenvalue weighted by Crippen LogP contribution is -2.05. The van der Waals surface area contributed by atoms with E-state index < -0.39 is 0 Å². The summed E-state index contributed by atoms with van der Waals surface area (Å²) < 4.78 is 5.00. The highest BCUT2D eigenvalue weighted by atomic mass is 16.5. The number of nitrogens with zero attached hydrogens (tertiary/aromatic N) is 3. The molecule has 1 aromatic carbocycles. The molecule has 3 aromatic rings. The minimum atomic E-state index is 0.406. The van der Waals surface area contributed by atoms with E-state index in [-0.39, 0.29) is 0 Å². The van der Waals surface area contributed by atoms with E-state index in [4.69, 9.17) is 10.3 Å². The molecule has 0 aliphatic carbocycles. The summed E-state index contributed by atoms with van der Waals surface area (Å²) >= 11 is 0. The van der Waals surface area contributed by atoms with Crippen LogP contribution in [0.15, 0.2) is 41.2 Å². The summed E-state index contributed by atoms with van der Waals surface area (Å²) in [6.07, 6.45) is 1.43. The van der Waals surface area contributed by atoms with Gasteiger partial charge in [-0.25, -0.2) is 9.97 Å². The number of nitrogens with one attached hydrogen (secondary N) is 2. The number of benzene rings is 1. The van der Waals surface area contributed by atoms with Gasteiger partial charge in [-0.3, -0.25) is 0 Å². The smallest absolute Gasteiger partial charge is 0.175 e. The lowest BCUT2D eigenvalue weighted by atomic mass is 10.2. The summed E-state index contributed by atoms with van der Waals surface area (Å²) in [5.74, 6) is 2.25. The largest absolute Gasteiger partial charge is 0.393 e. The molecule has 2 aromatic heterocycles. The van der Waals surface area contributed by atoms with Crippen molar-refractivity contribution in [2.75, 3.05) is 16.4 Å². The van der Waals surface area contributed by atoms with Crippen molar-refractivity contribution in [3.63, 3.8) is 0 Å². The van der Waals surface area contributed by atoms with E-state index in [1.54, 1.807) is 6.07 Å². The molecule has 0 aliphatic heterocycles. The average Bonchev–Trinajstić information content (AvgIpc) is 2.91. The number of hydrogen-bond donors (Lipinski definition) is 3. The molecule has 112 valence electrons. The van der Waals surface area contributed by atoms with Gasteiger partial charge in [-0.1, -0.05) is 22.9 Å². The van der Waals surface area contributed by atoms with E-state index in [1.807, 2.05) is 38.1 Å². The van der Waals surface area contributed by atoms with E-state index in [1.165, 1.54) is 11.9 Å². The molecule has 0 bridgehead atoms. The van der Waals surface area contributed by atoms with Crippen molar-refractivity contribution in [3.05, 3.63) is 48.0 Å². The highest BCUT2D eigenvalue weighted by Crippen LogP contribution is 2.27. The van der Waals surface area contributed by atoms with Crippen LogP contribution in [-0.2, 0) is 0 Å². The highest BCUT2D eigenvalue weighted by molar-refractivity contribution is 5.79. The predicted octanol–water partition coefficient (Wildman–Crippen LogP) is 3.15. The minimum Gasteiger partial charge on any atom is -0.393 e. The van der Waals surface area contributed by atoms with Crippen LogP contribution in [0.2, 0.25) is 0 Å². The van der Waals surface area contributed by atoms with Gasteiger partial charge in [0.25, 0.3) is 0 Å². The fourth-order valence-electron chi connectivity index (χ4n) is 1.92. The van der Waals surface area contributed by atoms with Crippen LogP contribution in [0.25, 0.3) is 0 Å². The third-order valence-electron chi connectivity index (χ3n) is 3.07. The SMILES string of the molecule is Cc1ccc(Nc2ncnc(Nc3cc(C)on3)c2N)cc1. The zero-order valence-corrected chi connectivity index (χ0v) is 12.3. The standard InChI is InChI=1S/C15H16N6O/c1-9-3-5-11(6-4-9)19-14-13(16)15(18-8-17-14)20-12-7-10(2)22-21-12/h3-8H,16H2,1-2H3,(H2,17,18,19,20,21). The summed E-state index contributed by atoms with van der Waals surface area (Å²) in [6, 6.07) is 9.71. The van der Waals surface area contributed by atoms with Gasteiger partial charge in [0.1, 0.15) is 17.8 Å². The molecule has 7 heteroatoms. The number of rotatable bonds is 4. The second-order valence-corrected chi connectivity index (χ2v) is 4.92. The number of aryl methyl sites for hydroxylation is 2. The molecule has 0 fully saturated rings. The maximum Gasteiger partial charge on any atom is 0.175 e. The summed E-state index contributed by atoms with van der Waals surface area (Å²) in [7, 11) is 0. The zero-order chi connectivity index (χ0) is 15.5. The topological polar surface area (TPSA) is 102 Å². The van der Waals surface area contributed by atoms with Crippen LogP contribution in [0.1, 0.15) is 11.3 Å². The van der Waals surface area contributed by atoms with Crippen molar-refractivity contribution in [1.82, 2.24) is 15.1 Å². The van der Waals surface area contributed by atoms with Gasteiger partial charge >= 0.3 is 0 Å². The molecule has 2 heterocycles. The third kappa shape index (κ3) is 2.98. The van der Waals surface area contributed by atoms with Crippen molar-refractivity contribution < 1.29 is 4.52 Å². The van der Waals surface area contributed by atoms with Gasteiger partial charge in [0.15, 0.2) is 17.5 Å². The van der Waals surface area contributed by atoms with E-state index in [0.717, 1.165) is 5.69 Å². The number of aromatic nitrogens is 3. The molecule has 0 saturated carbocycles. The first kappa shape index (κ1) is 13.9. The van der Waals surface area contributed by atoms with Crippen molar-refractivity contribution in [2.24, 2.45) is 0 Å². The third-order valence-corrected chi connectivity index (χ3v) is 3.07. The van der Waals surface area contributed by atoms with Gasteiger partial charge in [-0.2, -0.15) is 0 Å². The first-order chi connectivity index (χ1) is 10.6. The van der Waals surface area contributed by atoms with Crippen LogP contribution < -0.4 is 16.4 Å². The molecule has 4 N–H and O–H groups in total. The first-order valence-electron chi connectivity index (χ1n) is 6.76. The monoisotopic (exact) mass is 296 g/mol. The maximum absolute atomic E-state index is 6.11. The second kappa shape index (κ2) is 5.72. The van der Waals surface area contributed by atoms with Gasteiger partial charge in [0.2, 0.25) is 0 Å². The van der Waals surface area contributed by atoms with Crippen molar-refractivity contribution in [2.45, 2.75) is 13.8 Å². The van der Waals surface area contributed by atoms with Crippen molar-refractivity contribution in [1.29, 1.82) is 0 Å². The summed E-state index contributed by atoms with van der Waals surface area (Å²) in [5, 5.41) is 10.0. The summed E-state index contributed by atoms with van der Waals surface area (Å²) in [5.41, 5.74) is 8.60. The van der Waals surface area contributed by atoms with Gasteiger partial charge in [0, 0.05) is 11.8 Å². The second-order valence-electron chi connectivity index (χ2n) is 4.92. The fourth-order valence-corrected chi connectivity index (χ4v) is 1.92. The number of nitrogen functional groups attached to an aromatic ring is 1. The molecule has 0 aliphatic rings. The Bertz CT molecular complexity index is 781. The summed E-state index contributed by atoms with van der Waals surface area (Å²) in [4.78, 5) is 8.30. The molecule has 0 saturated heterocycles. The molecule has 0 spiro atoms. The van der Waals surface area contributed by atoms with E-state index in [2.05, 4.69) is 25.8 Å². The van der Waals surface area contributed by atoms with Crippen LogP contribution in [-0.4, -0.2) is 15.1 Å². The Kier molecular flexibility index (Phi) is 3.61. The zero-order valence-electron chi connectivity index (χ0n) is 12.3. The van der Waals surface area contributed by atoms with Crippen LogP contribution in [0.5, 0.6) is 0 Å². The molecule has 22 heavy (non-hydrogen) atoms. The number of anilines is 5. The molecule has 7 nitrogen and oxygen atoms in total. The van der Waals surface area contributed by atoms with Crippen LogP contribution >= 0.6 is 0 Å². The molecule has 3 rings (SSSR count). The van der Waals surface area contributed by atoms with Gasteiger partial charge in [0.05, 0.1) is 0 Å². The average molecular weight is 296 g/mol. The van der Waals surface area contributed by atoms with Crippen LogP contribution in [0.4, 0.5) is 28.8 Å². The maximum atomic E-state index is 6.11. The summed E-state index contributed by atoms with van der Waals surface area (Å²) in [6.45, 7) is 3.84. The lowest BCUT2D eigenvalue weighted by Gasteiger charge is -2.11. The molecule has 0 unspecified atom stereocenters. The normalized spacial score (nSPS) is 10.5. The Morgan fingerprint density at radius 2 is 1.68 bits per heavy atom. The van der Waals surface area contributed by atoms with Crippen molar-refractivity contribution >= 4 is 28.8 Å². The Hall–Kier alpha value is -3.09. The van der Waals surface area contributed by atoms with E-state index in [9.17, 15) is 0 Å². The van der Waals surface area contributed by atoms with E-state index >= 15 is 0 Å². The molecule has 0 amide bonds. The van der Waals surface area contributed by atoms with Crippen LogP contribution in [0, 0.1) is 13.8 Å². The quantitative estimate of drug-likeness (QED) is 0.679. The fraction of sp³-hybridized carbons (Fsp3) is 0.133. The lowest BCUT2D eigenvalue weighted by molar-refractivity contribution is 0.400. The Labute approximate surface area is 127 Å². The van der Waals surface area contributed by atoms with E-state index in [0.29, 0.717) is 28.9 Å². The predicted molar refractivity (Wildman–Crippen MR) is 85.4 cm³/mol. The Morgan fingerprint density at radius 1 is 1.00 bits per heavy atom. The Balaban J connectivity index is 1.83. The molecular weight excluding hydrogens is 280 g/mol. The van der Waals surface area contributed by atoms with Gasteiger partial charge in [-0.15, -0.1) is 0 Å². The highest BCUT2D eigenvalue weighted by Gasteiger charge is 2.10. The van der Waals surface area contributed by atoms with Crippen molar-refractivity contribution in [3.8, 4) is 0 Å². The Morgan fingerprint density at radius 3 is 2.32 bits per heavy atom. The molecular formula is C15H16N6O. The minimum absolute atomic E-state index is 0.406. The van der Waals surface area contributed by atoms with Gasteiger partial charge < -0.3 is 20.9 Å². The molecule has 0 radical (unpaired) electrons. The molecule has 0 atom stereocenters. The first-order valence-corrected chi connectivity index (χ1v) is 6.76.